The van der Waals surface area contributed by atoms with E-state index in [1.165, 1.54) is 16.9 Å². The third-order valence-electron chi connectivity index (χ3n) is 7.41. The number of carboxylic acids is 1. The van der Waals surface area contributed by atoms with Gasteiger partial charge in [-0.1, -0.05) is 30.7 Å². The number of carbonyl (C=O) groups is 3. The lowest BCUT2D eigenvalue weighted by molar-refractivity contribution is -0.137. The fourth-order valence-corrected chi connectivity index (χ4v) is 7.99. The number of aromatic nitrogens is 1. The number of carboxylic acid groups (broad SMARTS) is 1. The number of thiazole rings is 1. The maximum Gasteiger partial charge on any atom is 0.323 e. The van der Waals surface area contributed by atoms with Crippen molar-refractivity contribution in [1.82, 2.24) is 9.47 Å². The van der Waals surface area contributed by atoms with Gasteiger partial charge >= 0.3 is 5.97 Å². The molecular formula is C28H25N3O5S2. The molecule has 0 bridgehead atoms. The van der Waals surface area contributed by atoms with Gasteiger partial charge in [0, 0.05) is 29.9 Å². The molecule has 0 spiro atoms. The van der Waals surface area contributed by atoms with Crippen LogP contribution in [-0.2, 0) is 16.1 Å². The molecule has 1 N–H and O–H groups in total. The zero-order chi connectivity index (χ0) is 26.6. The second-order valence-corrected chi connectivity index (χ2v) is 11.6. The second kappa shape index (κ2) is 9.59. The number of imide groups is 1. The summed E-state index contributed by atoms with van der Waals surface area (Å²) in [5, 5.41) is 9.01. The molecule has 2 aliphatic heterocycles. The standard InChI is InChI=1S/C28H25N3O5S2/c1-2-29-26(35)24(38-28(29)36)27-30(15-23(32)33)25(34)22(37-27)14-16-11-12-21-19(13-16)18-9-6-10-20(18)31(21)17-7-4-3-5-8-17/h3-5,7-8,11-14,18,20H,2,6,9-10,15H2,1H3,(H,32,33)/b22-14+,27-24+. The Labute approximate surface area is 226 Å². The number of anilines is 2. The van der Waals surface area contributed by atoms with Gasteiger partial charge < -0.3 is 10.0 Å². The van der Waals surface area contributed by atoms with E-state index in [9.17, 15) is 24.3 Å². The second-order valence-electron chi connectivity index (χ2n) is 9.58. The summed E-state index contributed by atoms with van der Waals surface area (Å²) in [5.74, 6) is -1.28. The maximum atomic E-state index is 13.3. The molecule has 2 unspecified atom stereocenters. The number of nitrogens with zero attached hydrogens (tertiary/aromatic N) is 3. The summed E-state index contributed by atoms with van der Waals surface area (Å²) in [5.41, 5.74) is 3.97. The minimum Gasteiger partial charge on any atom is -0.480 e. The van der Waals surface area contributed by atoms with Crippen molar-refractivity contribution < 1.29 is 19.5 Å². The smallest absolute Gasteiger partial charge is 0.323 e. The highest BCUT2D eigenvalue weighted by atomic mass is 32.2. The van der Waals surface area contributed by atoms with Crippen LogP contribution in [0.5, 0.6) is 0 Å². The van der Waals surface area contributed by atoms with Crippen molar-refractivity contribution >= 4 is 62.6 Å². The van der Waals surface area contributed by atoms with E-state index < -0.39 is 29.2 Å². The summed E-state index contributed by atoms with van der Waals surface area (Å²) in [6.45, 7) is 1.31. The lowest BCUT2D eigenvalue weighted by Crippen LogP contribution is -2.35. The van der Waals surface area contributed by atoms with Crippen LogP contribution in [0.3, 0.4) is 0 Å². The molecule has 1 saturated carbocycles. The average Bonchev–Trinajstić information content (AvgIpc) is 3.63. The van der Waals surface area contributed by atoms with Crippen LogP contribution >= 0.6 is 23.1 Å². The van der Waals surface area contributed by atoms with E-state index in [4.69, 9.17) is 0 Å². The molecule has 3 heterocycles. The zero-order valence-corrected chi connectivity index (χ0v) is 22.3. The minimum atomic E-state index is -1.20. The van der Waals surface area contributed by atoms with Gasteiger partial charge in [0.2, 0.25) is 0 Å². The van der Waals surface area contributed by atoms with Gasteiger partial charge in [-0.3, -0.25) is 28.6 Å². The van der Waals surface area contributed by atoms with Crippen molar-refractivity contribution in [2.45, 2.75) is 44.7 Å². The molecule has 2 fully saturated rings. The molecule has 6 rings (SSSR count). The number of thioether (sulfide) groups is 1. The Morgan fingerprint density at radius 3 is 2.61 bits per heavy atom. The zero-order valence-electron chi connectivity index (χ0n) is 20.6. The van der Waals surface area contributed by atoms with Crippen LogP contribution in [0.2, 0.25) is 0 Å². The number of hydrogen-bond acceptors (Lipinski definition) is 7. The van der Waals surface area contributed by atoms with Crippen LogP contribution in [0, 0.1) is 0 Å². The molecule has 3 aliphatic rings. The van der Waals surface area contributed by atoms with Gasteiger partial charge in [-0.15, -0.1) is 11.3 Å². The summed E-state index contributed by atoms with van der Waals surface area (Å²) >= 11 is 1.80. The number of carbonyl (C=O) groups excluding carboxylic acids is 2. The maximum absolute atomic E-state index is 13.3. The third kappa shape index (κ3) is 3.99. The van der Waals surface area contributed by atoms with Gasteiger partial charge in [0.1, 0.15) is 16.1 Å². The van der Waals surface area contributed by atoms with Crippen LogP contribution in [0.15, 0.2) is 53.3 Å². The van der Waals surface area contributed by atoms with Gasteiger partial charge in [0.25, 0.3) is 16.7 Å². The highest BCUT2D eigenvalue weighted by Gasteiger charge is 2.42. The van der Waals surface area contributed by atoms with E-state index in [0.29, 0.717) is 16.5 Å². The molecule has 2 aromatic carbocycles. The summed E-state index contributed by atoms with van der Waals surface area (Å²) in [7, 11) is 0. The van der Waals surface area contributed by atoms with Crippen molar-refractivity contribution in [3.63, 3.8) is 0 Å². The Morgan fingerprint density at radius 2 is 1.89 bits per heavy atom. The number of benzene rings is 2. The Balaban J connectivity index is 1.47. The topological polar surface area (TPSA) is 99.9 Å². The minimum absolute atomic E-state index is 0.0982. The van der Waals surface area contributed by atoms with Crippen molar-refractivity contribution in [2.24, 2.45) is 0 Å². The van der Waals surface area contributed by atoms with Gasteiger partial charge in [-0.25, -0.2) is 0 Å². The number of amides is 2. The predicted molar refractivity (Wildman–Crippen MR) is 148 cm³/mol. The highest BCUT2D eigenvalue weighted by Crippen LogP contribution is 2.52. The molecule has 38 heavy (non-hydrogen) atoms. The molecule has 194 valence electrons. The number of rotatable bonds is 5. The third-order valence-corrected chi connectivity index (χ3v) is 9.64. The summed E-state index contributed by atoms with van der Waals surface area (Å²) in [6, 6.07) is 17.0. The van der Waals surface area contributed by atoms with Gasteiger partial charge in [-0.2, -0.15) is 0 Å². The molecular weight excluding hydrogens is 522 g/mol. The lowest BCUT2D eigenvalue weighted by Gasteiger charge is -2.27. The molecule has 1 aromatic heterocycles. The summed E-state index contributed by atoms with van der Waals surface area (Å²) in [6.07, 6.45) is 5.16. The lowest BCUT2D eigenvalue weighted by atomic mass is 9.96. The van der Waals surface area contributed by atoms with E-state index >= 15 is 0 Å². The quantitative estimate of drug-likeness (QED) is 0.522. The number of para-hydroxylation sites is 1. The largest absolute Gasteiger partial charge is 0.480 e. The van der Waals surface area contributed by atoms with Crippen LogP contribution in [0.1, 0.15) is 43.2 Å². The highest BCUT2D eigenvalue weighted by molar-refractivity contribution is 8.23. The van der Waals surface area contributed by atoms with Crippen LogP contribution in [0.25, 0.3) is 11.0 Å². The summed E-state index contributed by atoms with van der Waals surface area (Å²) < 4.78 is 1.61. The molecule has 10 heteroatoms. The molecule has 0 radical (unpaired) electrons. The van der Waals surface area contributed by atoms with Gasteiger partial charge in [0.05, 0.1) is 4.53 Å². The van der Waals surface area contributed by atoms with Crippen molar-refractivity contribution in [1.29, 1.82) is 0 Å². The van der Waals surface area contributed by atoms with Crippen LogP contribution in [0.4, 0.5) is 16.2 Å². The molecule has 2 amide bonds. The first-order valence-corrected chi connectivity index (χ1v) is 14.2. The first-order chi connectivity index (χ1) is 18.4. The average molecular weight is 548 g/mol. The van der Waals surface area contributed by atoms with Gasteiger partial charge in [-0.05, 0) is 73.0 Å². The Bertz CT molecular complexity index is 1660. The molecule has 8 nitrogen and oxygen atoms in total. The van der Waals surface area contributed by atoms with Crippen molar-refractivity contribution in [3.8, 4) is 0 Å². The van der Waals surface area contributed by atoms with Crippen LogP contribution in [-0.4, -0.2) is 44.3 Å². The van der Waals surface area contributed by atoms with Gasteiger partial charge in [0.15, 0.2) is 0 Å². The Hall–Kier alpha value is -3.63. The SMILES string of the molecule is CCN1C(=O)S/C(=c2/s/c(=C/c3ccc4c(c3)C3CCCC3N4c3ccccc3)c(=O)n2CC(=O)O)C1=O. The Morgan fingerprint density at radius 1 is 1.11 bits per heavy atom. The summed E-state index contributed by atoms with van der Waals surface area (Å²) in [4.78, 5) is 53.6. The number of fused-ring (bicyclic) bond motifs is 3. The Kier molecular flexibility index (Phi) is 6.23. The fourth-order valence-electron chi connectivity index (χ4n) is 5.81. The van der Waals surface area contributed by atoms with E-state index in [1.807, 2.05) is 12.1 Å². The predicted octanol–water partition coefficient (Wildman–Crippen LogP) is 3.43. The van der Waals surface area contributed by atoms with E-state index in [1.54, 1.807) is 13.0 Å². The van der Waals surface area contributed by atoms with E-state index in [-0.39, 0.29) is 16.1 Å². The van der Waals surface area contributed by atoms with Crippen molar-refractivity contribution in [3.05, 3.63) is 79.2 Å². The molecule has 3 aromatic rings. The molecule has 2 atom stereocenters. The molecule has 1 saturated heterocycles. The van der Waals surface area contributed by atoms with Crippen LogP contribution < -0.4 is 19.7 Å². The van der Waals surface area contributed by atoms with E-state index in [0.717, 1.165) is 57.4 Å². The number of hydrogen-bond donors (Lipinski definition) is 1. The monoisotopic (exact) mass is 547 g/mol. The fraction of sp³-hybridized carbons (Fsp3) is 0.286. The molecule has 1 aliphatic carbocycles. The first kappa shape index (κ1) is 24.7. The number of aliphatic carboxylic acids is 1. The van der Waals surface area contributed by atoms with E-state index in [2.05, 4.69) is 41.3 Å². The normalized spacial score (nSPS) is 22.4. The van der Waals surface area contributed by atoms with Crippen molar-refractivity contribution in [2.75, 3.05) is 11.4 Å². The first-order valence-electron chi connectivity index (χ1n) is 12.6.